The molecule has 0 unspecified atom stereocenters. The molecule has 1 aromatic carbocycles. The number of pyridine rings is 1. The molecule has 0 saturated carbocycles. The van der Waals surface area contributed by atoms with Gasteiger partial charge in [0, 0.05) is 50.2 Å². The van der Waals surface area contributed by atoms with E-state index in [1.165, 1.54) is 0 Å². The van der Waals surface area contributed by atoms with Crippen molar-refractivity contribution < 1.29 is 9.59 Å². The van der Waals surface area contributed by atoms with E-state index in [1.54, 1.807) is 15.9 Å². The molecule has 1 aromatic heterocycles. The van der Waals surface area contributed by atoms with E-state index in [1.807, 2.05) is 50.4 Å². The number of piperazine rings is 1. The smallest absolute Gasteiger partial charge is 0.272 e. The van der Waals surface area contributed by atoms with Gasteiger partial charge in [0.15, 0.2) is 0 Å². The van der Waals surface area contributed by atoms with Crippen molar-refractivity contribution in [2.75, 3.05) is 38.5 Å². The molecular weight excluding hydrogens is 316 g/mol. The summed E-state index contributed by atoms with van der Waals surface area (Å²) in [6.45, 7) is 3.98. The maximum atomic E-state index is 12.6. The van der Waals surface area contributed by atoms with Crippen LogP contribution in [-0.2, 0) is 0 Å². The summed E-state index contributed by atoms with van der Waals surface area (Å²) in [5.41, 5.74) is 2.92. The number of hydrogen-bond acceptors (Lipinski definition) is 4. The van der Waals surface area contributed by atoms with Crippen LogP contribution in [0.4, 0.5) is 5.69 Å². The van der Waals surface area contributed by atoms with Gasteiger partial charge in [-0.1, -0.05) is 6.07 Å². The molecular formula is C19H22N4O2. The number of hydrogen-bond donors (Lipinski definition) is 1. The normalized spacial score (nSPS) is 14.3. The summed E-state index contributed by atoms with van der Waals surface area (Å²) in [6.07, 6.45) is 0. The van der Waals surface area contributed by atoms with Crippen LogP contribution in [0.2, 0.25) is 0 Å². The maximum absolute atomic E-state index is 12.6. The van der Waals surface area contributed by atoms with Crippen LogP contribution in [0.3, 0.4) is 0 Å². The van der Waals surface area contributed by atoms with Crippen LogP contribution in [0.25, 0.3) is 0 Å². The standard InChI is InChI=1S/C19H22N4O2/c1-14-4-3-5-17(21-14)19(25)23-12-10-22(11-13-23)18(24)15-6-8-16(20-2)9-7-15/h3-9,20H,10-13H2,1-2H3. The fraction of sp³-hybridized carbons (Fsp3) is 0.316. The summed E-state index contributed by atoms with van der Waals surface area (Å²) in [4.78, 5) is 32.9. The highest BCUT2D eigenvalue weighted by atomic mass is 16.2. The lowest BCUT2D eigenvalue weighted by molar-refractivity contribution is 0.0532. The number of carbonyl (C=O) groups excluding carboxylic acids is 2. The Labute approximate surface area is 147 Å². The predicted molar refractivity (Wildman–Crippen MR) is 96.8 cm³/mol. The van der Waals surface area contributed by atoms with Gasteiger partial charge in [-0.3, -0.25) is 9.59 Å². The van der Waals surface area contributed by atoms with Gasteiger partial charge in [0.25, 0.3) is 11.8 Å². The highest BCUT2D eigenvalue weighted by molar-refractivity contribution is 5.95. The minimum atomic E-state index is -0.0748. The maximum Gasteiger partial charge on any atom is 0.272 e. The number of aromatic nitrogens is 1. The van der Waals surface area contributed by atoms with E-state index in [9.17, 15) is 9.59 Å². The first-order valence-corrected chi connectivity index (χ1v) is 8.38. The van der Waals surface area contributed by atoms with E-state index < -0.39 is 0 Å². The van der Waals surface area contributed by atoms with Crippen LogP contribution in [-0.4, -0.2) is 59.8 Å². The quantitative estimate of drug-likeness (QED) is 0.930. The van der Waals surface area contributed by atoms with Crippen molar-refractivity contribution in [1.82, 2.24) is 14.8 Å². The molecule has 1 aliphatic heterocycles. The van der Waals surface area contributed by atoms with Crippen molar-refractivity contribution in [3.05, 3.63) is 59.4 Å². The Morgan fingerprint density at radius 2 is 1.52 bits per heavy atom. The van der Waals surface area contributed by atoms with E-state index in [2.05, 4.69) is 10.3 Å². The molecule has 0 spiro atoms. The van der Waals surface area contributed by atoms with Crippen LogP contribution in [0.15, 0.2) is 42.5 Å². The molecule has 1 aliphatic rings. The van der Waals surface area contributed by atoms with E-state index in [-0.39, 0.29) is 11.8 Å². The Morgan fingerprint density at radius 3 is 2.08 bits per heavy atom. The third-order valence-corrected chi connectivity index (χ3v) is 4.38. The molecule has 0 atom stereocenters. The van der Waals surface area contributed by atoms with E-state index in [0.717, 1.165) is 11.4 Å². The lowest BCUT2D eigenvalue weighted by Gasteiger charge is -2.34. The first kappa shape index (κ1) is 17.0. The molecule has 1 fully saturated rings. The molecule has 130 valence electrons. The number of benzene rings is 1. The van der Waals surface area contributed by atoms with Crippen LogP contribution in [0.1, 0.15) is 26.5 Å². The lowest BCUT2D eigenvalue weighted by Crippen LogP contribution is -2.50. The fourth-order valence-corrected chi connectivity index (χ4v) is 2.90. The van der Waals surface area contributed by atoms with Gasteiger partial charge in [-0.25, -0.2) is 4.98 Å². The van der Waals surface area contributed by atoms with Crippen LogP contribution >= 0.6 is 0 Å². The van der Waals surface area contributed by atoms with Crippen molar-refractivity contribution in [3.8, 4) is 0 Å². The van der Waals surface area contributed by atoms with Crippen molar-refractivity contribution in [2.45, 2.75) is 6.92 Å². The summed E-state index contributed by atoms with van der Waals surface area (Å²) in [6, 6.07) is 12.9. The first-order valence-electron chi connectivity index (χ1n) is 8.38. The van der Waals surface area contributed by atoms with Crippen LogP contribution in [0.5, 0.6) is 0 Å². The molecule has 2 heterocycles. The zero-order valence-electron chi connectivity index (χ0n) is 14.5. The largest absolute Gasteiger partial charge is 0.388 e. The van der Waals surface area contributed by atoms with Crippen LogP contribution in [0, 0.1) is 6.92 Å². The second-order valence-corrected chi connectivity index (χ2v) is 6.08. The minimum absolute atomic E-state index is 0.00318. The van der Waals surface area contributed by atoms with Gasteiger partial charge in [0.05, 0.1) is 0 Å². The molecule has 25 heavy (non-hydrogen) atoms. The first-order chi connectivity index (χ1) is 12.1. The zero-order valence-corrected chi connectivity index (χ0v) is 14.5. The van der Waals surface area contributed by atoms with Gasteiger partial charge in [-0.2, -0.15) is 0 Å². The second-order valence-electron chi connectivity index (χ2n) is 6.08. The van der Waals surface area contributed by atoms with Gasteiger partial charge < -0.3 is 15.1 Å². The summed E-state index contributed by atoms with van der Waals surface area (Å²) in [5, 5.41) is 3.04. The van der Waals surface area contributed by atoms with E-state index >= 15 is 0 Å². The van der Waals surface area contributed by atoms with Crippen molar-refractivity contribution in [1.29, 1.82) is 0 Å². The third-order valence-electron chi connectivity index (χ3n) is 4.38. The van der Waals surface area contributed by atoms with Gasteiger partial charge in [-0.15, -0.1) is 0 Å². The Kier molecular flexibility index (Phi) is 4.97. The number of rotatable bonds is 3. The summed E-state index contributed by atoms with van der Waals surface area (Å²) >= 11 is 0. The number of nitrogens with zero attached hydrogens (tertiary/aromatic N) is 3. The number of carbonyl (C=O) groups is 2. The van der Waals surface area contributed by atoms with Crippen molar-refractivity contribution in [3.63, 3.8) is 0 Å². The fourth-order valence-electron chi connectivity index (χ4n) is 2.90. The lowest BCUT2D eigenvalue weighted by atomic mass is 10.1. The SMILES string of the molecule is CNc1ccc(C(=O)N2CCN(C(=O)c3cccc(C)n3)CC2)cc1. The predicted octanol–water partition coefficient (Wildman–Crippen LogP) is 2.03. The number of nitrogens with one attached hydrogen (secondary N) is 1. The average Bonchev–Trinajstić information content (AvgIpc) is 2.67. The van der Waals surface area contributed by atoms with Gasteiger partial charge >= 0.3 is 0 Å². The highest BCUT2D eigenvalue weighted by Gasteiger charge is 2.26. The zero-order chi connectivity index (χ0) is 17.8. The molecule has 3 rings (SSSR count). The summed E-state index contributed by atoms with van der Waals surface area (Å²) in [7, 11) is 1.84. The molecule has 2 amide bonds. The van der Waals surface area contributed by atoms with E-state index in [0.29, 0.717) is 37.4 Å². The van der Waals surface area contributed by atoms with Crippen molar-refractivity contribution in [2.24, 2.45) is 0 Å². The minimum Gasteiger partial charge on any atom is -0.388 e. The number of amides is 2. The molecule has 6 heteroatoms. The molecule has 0 bridgehead atoms. The Bertz CT molecular complexity index is 765. The van der Waals surface area contributed by atoms with Gasteiger partial charge in [0.1, 0.15) is 5.69 Å². The highest BCUT2D eigenvalue weighted by Crippen LogP contribution is 2.14. The summed E-state index contributed by atoms with van der Waals surface area (Å²) < 4.78 is 0. The average molecular weight is 338 g/mol. The number of aryl methyl sites for hydroxylation is 1. The summed E-state index contributed by atoms with van der Waals surface area (Å²) in [5.74, 6) is -0.0717. The molecule has 1 saturated heterocycles. The van der Waals surface area contributed by atoms with Gasteiger partial charge in [-0.05, 0) is 43.3 Å². The molecule has 1 N–H and O–H groups in total. The molecule has 6 nitrogen and oxygen atoms in total. The monoisotopic (exact) mass is 338 g/mol. The van der Waals surface area contributed by atoms with Gasteiger partial charge in [0.2, 0.25) is 0 Å². The molecule has 0 aliphatic carbocycles. The Hall–Kier alpha value is -2.89. The van der Waals surface area contributed by atoms with E-state index in [4.69, 9.17) is 0 Å². The molecule has 2 aromatic rings. The Balaban J connectivity index is 1.61. The number of anilines is 1. The third kappa shape index (κ3) is 3.79. The topological polar surface area (TPSA) is 65.5 Å². The van der Waals surface area contributed by atoms with Crippen molar-refractivity contribution >= 4 is 17.5 Å². The van der Waals surface area contributed by atoms with Crippen LogP contribution < -0.4 is 5.32 Å². The molecule has 0 radical (unpaired) electrons. The Morgan fingerprint density at radius 1 is 0.920 bits per heavy atom. The second kappa shape index (κ2) is 7.34.